The van der Waals surface area contributed by atoms with Crippen LogP contribution in [0.4, 0.5) is 8.78 Å². The van der Waals surface area contributed by atoms with Gasteiger partial charge in [0, 0.05) is 17.8 Å². The molecule has 5 N–H and O–H groups in total. The van der Waals surface area contributed by atoms with E-state index in [1.54, 1.807) is 0 Å². The SMILES string of the molecule is O=c1ccn([C@@H]2O[C@H](COP(=O)(O)CP(=O)(O)O)C(O)[C@@H]2O)c(=O)n1CC(F)(F)c1ccccc1. The van der Waals surface area contributed by atoms with Crippen molar-refractivity contribution < 1.29 is 52.1 Å². The van der Waals surface area contributed by atoms with E-state index in [2.05, 4.69) is 4.52 Å². The molecule has 0 radical (unpaired) electrons. The molecule has 1 aromatic carbocycles. The summed E-state index contributed by atoms with van der Waals surface area (Å²) in [7, 11) is -9.74. The Morgan fingerprint density at radius 1 is 1.03 bits per heavy atom. The van der Waals surface area contributed by atoms with Crippen LogP contribution >= 0.6 is 15.2 Å². The molecule has 2 aromatic rings. The van der Waals surface area contributed by atoms with Crippen LogP contribution in [0.5, 0.6) is 0 Å². The first-order valence-corrected chi connectivity index (χ1v) is 13.5. The van der Waals surface area contributed by atoms with Gasteiger partial charge in [-0.15, -0.1) is 0 Å². The Morgan fingerprint density at radius 3 is 2.26 bits per heavy atom. The molecule has 1 saturated heterocycles. The zero-order valence-corrected chi connectivity index (χ0v) is 19.5. The van der Waals surface area contributed by atoms with Gasteiger partial charge in [-0.2, -0.15) is 8.78 Å². The molecule has 2 unspecified atom stereocenters. The fraction of sp³-hybridized carbons (Fsp3) is 0.444. The van der Waals surface area contributed by atoms with Gasteiger partial charge in [0.25, 0.3) is 11.5 Å². The zero-order valence-electron chi connectivity index (χ0n) is 17.7. The standard InChI is InChI=1S/C18H22F2N2O11P2/c19-18(20,11-4-2-1-3-5-11)9-22-13(23)6-7-21(17(22)26)16-15(25)14(24)12(33-16)8-32-35(30,31)10-34(27,28)29/h1-7,12,14-16,24-25H,8-10H2,(H,30,31)(H2,27,28,29)/t12-,14?,15+,16-/m1/s1. The fourth-order valence-electron chi connectivity index (χ4n) is 3.40. The molecule has 0 bridgehead atoms. The van der Waals surface area contributed by atoms with E-state index in [1.165, 1.54) is 18.2 Å². The average molecular weight is 542 g/mol. The molecule has 2 heterocycles. The lowest BCUT2D eigenvalue weighted by atomic mass is 10.1. The Labute approximate surface area is 195 Å². The summed E-state index contributed by atoms with van der Waals surface area (Å²) in [5.41, 5.74) is -2.80. The van der Waals surface area contributed by atoms with E-state index >= 15 is 0 Å². The quantitative estimate of drug-likeness (QED) is 0.262. The number of ether oxygens (including phenoxy) is 1. The number of aliphatic hydroxyl groups is 2. The van der Waals surface area contributed by atoms with Crippen molar-refractivity contribution in [2.45, 2.75) is 37.0 Å². The molecule has 194 valence electrons. The summed E-state index contributed by atoms with van der Waals surface area (Å²) in [6.45, 7) is -2.24. The molecule has 0 amide bonds. The van der Waals surface area contributed by atoms with Crippen molar-refractivity contribution in [3.63, 3.8) is 0 Å². The highest BCUT2D eigenvalue weighted by Crippen LogP contribution is 2.55. The highest BCUT2D eigenvalue weighted by atomic mass is 31.2. The van der Waals surface area contributed by atoms with Crippen LogP contribution < -0.4 is 11.2 Å². The van der Waals surface area contributed by atoms with Crippen molar-refractivity contribution in [2.75, 3.05) is 12.5 Å². The summed E-state index contributed by atoms with van der Waals surface area (Å²) < 4.78 is 62.8. The summed E-state index contributed by atoms with van der Waals surface area (Å²) in [5.74, 6) is -5.12. The minimum absolute atomic E-state index is 0.223. The summed E-state index contributed by atoms with van der Waals surface area (Å²) in [4.78, 5) is 52.2. The number of aromatic nitrogens is 2. The lowest BCUT2D eigenvalue weighted by Crippen LogP contribution is -2.45. The Morgan fingerprint density at radius 2 is 1.66 bits per heavy atom. The third-order valence-electron chi connectivity index (χ3n) is 5.06. The van der Waals surface area contributed by atoms with Crippen LogP contribution in [0.2, 0.25) is 0 Å². The first kappa shape index (κ1) is 27.5. The van der Waals surface area contributed by atoms with E-state index in [9.17, 15) is 42.6 Å². The number of nitrogens with zero attached hydrogens (tertiary/aromatic N) is 2. The van der Waals surface area contributed by atoms with Crippen molar-refractivity contribution in [3.8, 4) is 0 Å². The molecule has 3 rings (SSSR count). The third kappa shape index (κ3) is 6.58. The number of alkyl halides is 2. The van der Waals surface area contributed by atoms with Gasteiger partial charge in [0.15, 0.2) is 12.1 Å². The lowest BCUT2D eigenvalue weighted by Gasteiger charge is -2.21. The molecule has 0 spiro atoms. The molecule has 0 saturated carbocycles. The van der Waals surface area contributed by atoms with Gasteiger partial charge in [-0.1, -0.05) is 30.3 Å². The number of hydrogen-bond acceptors (Lipinski definition) is 8. The number of hydrogen-bond donors (Lipinski definition) is 5. The Bertz CT molecular complexity index is 1260. The largest absolute Gasteiger partial charge is 0.387 e. The topological polar surface area (TPSA) is 198 Å². The molecule has 1 aliphatic rings. The van der Waals surface area contributed by atoms with E-state index < -0.39 is 81.5 Å². The van der Waals surface area contributed by atoms with E-state index in [1.807, 2.05) is 0 Å². The smallest absolute Gasteiger partial charge is 0.340 e. The summed E-state index contributed by atoms with van der Waals surface area (Å²) in [6, 6.07) is 7.22. The van der Waals surface area contributed by atoms with Gasteiger partial charge < -0.3 is 34.2 Å². The van der Waals surface area contributed by atoms with Gasteiger partial charge in [-0.25, -0.2) is 4.79 Å². The minimum Gasteiger partial charge on any atom is -0.387 e. The molecule has 1 aliphatic heterocycles. The monoisotopic (exact) mass is 542 g/mol. The second-order valence-electron chi connectivity index (χ2n) is 7.79. The molecule has 17 heteroatoms. The molecular formula is C18H22F2N2O11P2. The van der Waals surface area contributed by atoms with Crippen molar-refractivity contribution >= 4 is 15.2 Å². The van der Waals surface area contributed by atoms with Gasteiger partial charge in [0.1, 0.15) is 18.3 Å². The Balaban J connectivity index is 1.82. The number of rotatable bonds is 9. The number of halogens is 2. The molecular weight excluding hydrogens is 520 g/mol. The van der Waals surface area contributed by atoms with Crippen LogP contribution in [-0.2, 0) is 30.9 Å². The second kappa shape index (κ2) is 10.1. The van der Waals surface area contributed by atoms with Crippen molar-refractivity contribution in [3.05, 3.63) is 69.0 Å². The lowest BCUT2D eigenvalue weighted by molar-refractivity contribution is -0.0554. The first-order valence-electron chi connectivity index (χ1n) is 9.89. The van der Waals surface area contributed by atoms with Gasteiger partial charge in [-0.05, 0) is 0 Å². The molecule has 13 nitrogen and oxygen atoms in total. The van der Waals surface area contributed by atoms with Crippen molar-refractivity contribution in [1.29, 1.82) is 0 Å². The highest BCUT2D eigenvalue weighted by molar-refractivity contribution is 7.70. The summed E-state index contributed by atoms with van der Waals surface area (Å²) in [6.07, 6.45) is -6.07. The minimum atomic E-state index is -4.92. The fourth-order valence-corrected chi connectivity index (χ4v) is 5.97. The maximum atomic E-state index is 14.7. The van der Waals surface area contributed by atoms with E-state index in [0.29, 0.717) is 4.57 Å². The van der Waals surface area contributed by atoms with Crippen LogP contribution in [0.15, 0.2) is 52.2 Å². The van der Waals surface area contributed by atoms with Crippen LogP contribution in [-0.4, -0.2) is 64.8 Å². The van der Waals surface area contributed by atoms with E-state index in [0.717, 1.165) is 24.4 Å². The first-order chi connectivity index (χ1) is 16.1. The molecule has 1 aromatic heterocycles. The molecule has 0 aliphatic carbocycles. The van der Waals surface area contributed by atoms with E-state index in [-0.39, 0.29) is 4.57 Å². The van der Waals surface area contributed by atoms with Gasteiger partial charge in [0.2, 0.25) is 0 Å². The second-order valence-corrected chi connectivity index (χ2v) is 11.8. The highest BCUT2D eigenvalue weighted by Gasteiger charge is 2.46. The predicted molar refractivity (Wildman–Crippen MR) is 114 cm³/mol. The number of aliphatic hydroxyl groups excluding tert-OH is 2. The van der Waals surface area contributed by atoms with Crippen molar-refractivity contribution in [2.24, 2.45) is 0 Å². The van der Waals surface area contributed by atoms with E-state index in [4.69, 9.17) is 14.5 Å². The molecule has 35 heavy (non-hydrogen) atoms. The van der Waals surface area contributed by atoms with Crippen LogP contribution in [0.1, 0.15) is 11.8 Å². The number of benzene rings is 1. The summed E-state index contributed by atoms with van der Waals surface area (Å²) >= 11 is 0. The maximum Gasteiger partial charge on any atom is 0.340 e. The molecule has 5 atom stereocenters. The zero-order chi connectivity index (χ0) is 26.2. The van der Waals surface area contributed by atoms with Gasteiger partial charge in [-0.3, -0.25) is 23.1 Å². The molecule has 1 fully saturated rings. The Hall–Kier alpha value is -2.06. The third-order valence-corrected chi connectivity index (χ3v) is 8.52. The Kier molecular flexibility index (Phi) is 7.97. The van der Waals surface area contributed by atoms with Crippen molar-refractivity contribution in [1.82, 2.24) is 9.13 Å². The van der Waals surface area contributed by atoms with Crippen LogP contribution in [0.25, 0.3) is 0 Å². The van der Waals surface area contributed by atoms with Gasteiger partial charge >= 0.3 is 20.9 Å². The summed E-state index contributed by atoms with van der Waals surface area (Å²) in [5, 5.41) is 20.5. The van der Waals surface area contributed by atoms with Crippen LogP contribution in [0, 0.1) is 0 Å². The van der Waals surface area contributed by atoms with Gasteiger partial charge in [0.05, 0.1) is 13.2 Å². The maximum absolute atomic E-state index is 14.7. The predicted octanol–water partition coefficient (Wildman–Crippen LogP) is -0.242. The van der Waals surface area contributed by atoms with Crippen LogP contribution in [0.3, 0.4) is 0 Å². The average Bonchev–Trinajstić information content (AvgIpc) is 3.03. The normalized spacial score (nSPS) is 24.9.